The standard InChI is InChI=1S/C16H20N2O5/c1-22-15(20)13-8-5-9-18(13)14(19)10-17-16(21)23-11-12-6-3-2-4-7-12/h2-4,6-7,13H,5,8-11H2,1H3,(H,17,21)/t13-/m1/s1. The van der Waals surface area contributed by atoms with Crippen LogP contribution in [0.4, 0.5) is 4.79 Å². The van der Waals surface area contributed by atoms with E-state index >= 15 is 0 Å². The fraction of sp³-hybridized carbons (Fsp3) is 0.438. The van der Waals surface area contributed by atoms with E-state index in [0.717, 1.165) is 12.0 Å². The summed E-state index contributed by atoms with van der Waals surface area (Å²) in [5.74, 6) is -0.753. The number of benzene rings is 1. The van der Waals surface area contributed by atoms with Crippen molar-refractivity contribution in [1.82, 2.24) is 10.2 Å². The summed E-state index contributed by atoms with van der Waals surface area (Å²) in [5.41, 5.74) is 0.860. The third kappa shape index (κ3) is 4.70. The van der Waals surface area contributed by atoms with Crippen LogP contribution >= 0.6 is 0 Å². The average Bonchev–Trinajstić information content (AvgIpc) is 3.07. The Bertz CT molecular complexity index is 561. The molecular formula is C16H20N2O5. The number of nitrogens with zero attached hydrogens (tertiary/aromatic N) is 1. The number of carbonyl (C=O) groups excluding carboxylic acids is 3. The maximum atomic E-state index is 12.1. The molecule has 0 saturated carbocycles. The maximum absolute atomic E-state index is 12.1. The first kappa shape index (κ1) is 16.8. The zero-order valence-electron chi connectivity index (χ0n) is 13.0. The Morgan fingerprint density at radius 1 is 1.26 bits per heavy atom. The number of hydrogen-bond donors (Lipinski definition) is 1. The monoisotopic (exact) mass is 320 g/mol. The number of rotatable bonds is 5. The van der Waals surface area contributed by atoms with Gasteiger partial charge in [-0.1, -0.05) is 30.3 Å². The van der Waals surface area contributed by atoms with Crippen molar-refractivity contribution >= 4 is 18.0 Å². The molecule has 1 aliphatic rings. The molecule has 0 aromatic heterocycles. The van der Waals surface area contributed by atoms with Crippen LogP contribution in [0.15, 0.2) is 30.3 Å². The fourth-order valence-corrected chi connectivity index (χ4v) is 2.47. The number of esters is 1. The predicted octanol–water partition coefficient (Wildman–Crippen LogP) is 1.08. The van der Waals surface area contributed by atoms with Crippen LogP contribution in [-0.4, -0.2) is 49.1 Å². The van der Waals surface area contributed by atoms with E-state index in [9.17, 15) is 14.4 Å². The summed E-state index contributed by atoms with van der Waals surface area (Å²) in [7, 11) is 1.29. The SMILES string of the molecule is COC(=O)[C@H]1CCCN1C(=O)CNC(=O)OCc1ccccc1. The van der Waals surface area contributed by atoms with Gasteiger partial charge in [-0.05, 0) is 18.4 Å². The van der Waals surface area contributed by atoms with Crippen molar-refractivity contribution < 1.29 is 23.9 Å². The second-order valence-corrected chi connectivity index (χ2v) is 5.18. The van der Waals surface area contributed by atoms with E-state index in [1.54, 1.807) is 0 Å². The van der Waals surface area contributed by atoms with Gasteiger partial charge in [0.05, 0.1) is 7.11 Å². The first-order valence-corrected chi connectivity index (χ1v) is 7.43. The maximum Gasteiger partial charge on any atom is 0.407 e. The normalized spacial score (nSPS) is 16.7. The van der Waals surface area contributed by atoms with Crippen LogP contribution in [0.5, 0.6) is 0 Å². The highest BCUT2D eigenvalue weighted by molar-refractivity contribution is 5.87. The molecule has 0 radical (unpaired) electrons. The molecule has 1 saturated heterocycles. The molecule has 1 aromatic carbocycles. The van der Waals surface area contributed by atoms with Gasteiger partial charge in [-0.2, -0.15) is 0 Å². The van der Waals surface area contributed by atoms with E-state index in [4.69, 9.17) is 4.74 Å². The van der Waals surface area contributed by atoms with E-state index in [2.05, 4.69) is 10.1 Å². The summed E-state index contributed by atoms with van der Waals surface area (Å²) in [4.78, 5) is 36.7. The summed E-state index contributed by atoms with van der Waals surface area (Å²) >= 11 is 0. The van der Waals surface area contributed by atoms with Gasteiger partial charge in [0.1, 0.15) is 19.2 Å². The number of likely N-dealkylation sites (tertiary alicyclic amines) is 1. The zero-order chi connectivity index (χ0) is 16.7. The molecule has 0 spiro atoms. The summed E-state index contributed by atoms with van der Waals surface area (Å²) in [6, 6.07) is 8.68. The van der Waals surface area contributed by atoms with Crippen LogP contribution in [-0.2, 0) is 25.7 Å². The first-order chi connectivity index (χ1) is 11.1. The van der Waals surface area contributed by atoms with Crippen molar-refractivity contribution in [2.45, 2.75) is 25.5 Å². The number of hydrogen-bond acceptors (Lipinski definition) is 5. The van der Waals surface area contributed by atoms with Crippen LogP contribution in [0.1, 0.15) is 18.4 Å². The summed E-state index contributed by atoms with van der Waals surface area (Å²) in [5, 5.41) is 2.40. The molecule has 1 heterocycles. The molecule has 1 aliphatic heterocycles. The first-order valence-electron chi connectivity index (χ1n) is 7.43. The lowest BCUT2D eigenvalue weighted by atomic mass is 10.2. The summed E-state index contributed by atoms with van der Waals surface area (Å²) in [6.45, 7) is 0.413. The van der Waals surface area contributed by atoms with Crippen molar-refractivity contribution in [3.63, 3.8) is 0 Å². The molecule has 2 rings (SSSR count). The van der Waals surface area contributed by atoms with Crippen molar-refractivity contribution in [3.8, 4) is 0 Å². The number of amides is 2. The largest absolute Gasteiger partial charge is 0.467 e. The van der Waals surface area contributed by atoms with Gasteiger partial charge < -0.3 is 19.7 Å². The lowest BCUT2D eigenvalue weighted by molar-refractivity contribution is -0.150. The van der Waals surface area contributed by atoms with Crippen molar-refractivity contribution in [1.29, 1.82) is 0 Å². The average molecular weight is 320 g/mol. The van der Waals surface area contributed by atoms with Gasteiger partial charge in [0.15, 0.2) is 0 Å². The van der Waals surface area contributed by atoms with E-state index < -0.39 is 18.1 Å². The molecule has 1 N–H and O–H groups in total. The van der Waals surface area contributed by atoms with Gasteiger partial charge in [-0.15, -0.1) is 0 Å². The third-order valence-corrected chi connectivity index (χ3v) is 3.64. The Balaban J connectivity index is 1.75. The van der Waals surface area contributed by atoms with E-state index in [-0.39, 0.29) is 19.1 Å². The Morgan fingerprint density at radius 3 is 2.70 bits per heavy atom. The molecule has 0 aliphatic carbocycles. The van der Waals surface area contributed by atoms with E-state index in [0.29, 0.717) is 13.0 Å². The van der Waals surface area contributed by atoms with Gasteiger partial charge in [-0.25, -0.2) is 9.59 Å². The highest BCUT2D eigenvalue weighted by Crippen LogP contribution is 2.18. The van der Waals surface area contributed by atoms with Gasteiger partial charge in [0, 0.05) is 6.54 Å². The topological polar surface area (TPSA) is 84.9 Å². The highest BCUT2D eigenvalue weighted by atomic mass is 16.5. The Kier molecular flexibility index (Phi) is 5.96. The van der Waals surface area contributed by atoms with E-state index in [1.165, 1.54) is 12.0 Å². The number of carbonyl (C=O) groups is 3. The summed E-state index contributed by atoms with van der Waals surface area (Å²) < 4.78 is 9.71. The second kappa shape index (κ2) is 8.17. The van der Waals surface area contributed by atoms with Crippen LogP contribution in [0.2, 0.25) is 0 Å². The van der Waals surface area contributed by atoms with Crippen LogP contribution in [0.25, 0.3) is 0 Å². The Morgan fingerprint density at radius 2 is 2.00 bits per heavy atom. The number of alkyl carbamates (subject to hydrolysis) is 1. The fourth-order valence-electron chi connectivity index (χ4n) is 2.47. The number of methoxy groups -OCH3 is 1. The quantitative estimate of drug-likeness (QED) is 0.821. The molecule has 1 fully saturated rings. The van der Waals surface area contributed by atoms with Crippen molar-refractivity contribution in [3.05, 3.63) is 35.9 Å². The second-order valence-electron chi connectivity index (χ2n) is 5.18. The van der Waals surface area contributed by atoms with Crippen molar-refractivity contribution in [2.75, 3.05) is 20.2 Å². The number of nitrogens with one attached hydrogen (secondary N) is 1. The number of ether oxygens (including phenoxy) is 2. The lowest BCUT2D eigenvalue weighted by Crippen LogP contribution is -2.45. The van der Waals surface area contributed by atoms with Crippen LogP contribution in [0.3, 0.4) is 0 Å². The van der Waals surface area contributed by atoms with E-state index in [1.807, 2.05) is 30.3 Å². The third-order valence-electron chi connectivity index (χ3n) is 3.64. The molecule has 0 bridgehead atoms. The summed E-state index contributed by atoms with van der Waals surface area (Å²) in [6.07, 6.45) is 0.650. The van der Waals surface area contributed by atoms with Gasteiger partial charge in [0.2, 0.25) is 5.91 Å². The van der Waals surface area contributed by atoms with Crippen LogP contribution < -0.4 is 5.32 Å². The Labute approximate surface area is 134 Å². The Hall–Kier alpha value is -2.57. The molecule has 23 heavy (non-hydrogen) atoms. The lowest BCUT2D eigenvalue weighted by Gasteiger charge is -2.22. The minimum absolute atomic E-state index is 0.134. The molecule has 7 nitrogen and oxygen atoms in total. The zero-order valence-corrected chi connectivity index (χ0v) is 13.0. The molecule has 7 heteroatoms. The molecule has 124 valence electrons. The minimum atomic E-state index is -0.670. The molecular weight excluding hydrogens is 300 g/mol. The van der Waals surface area contributed by atoms with Gasteiger partial charge in [0.25, 0.3) is 0 Å². The molecule has 1 atom stereocenters. The van der Waals surface area contributed by atoms with Gasteiger partial charge >= 0.3 is 12.1 Å². The van der Waals surface area contributed by atoms with Crippen molar-refractivity contribution in [2.24, 2.45) is 0 Å². The van der Waals surface area contributed by atoms with Gasteiger partial charge in [-0.3, -0.25) is 4.79 Å². The molecule has 0 unspecified atom stereocenters. The molecule has 2 amide bonds. The highest BCUT2D eigenvalue weighted by Gasteiger charge is 2.34. The van der Waals surface area contributed by atoms with Crippen LogP contribution in [0, 0.1) is 0 Å². The molecule has 1 aromatic rings. The predicted molar refractivity (Wildman–Crippen MR) is 81.4 cm³/mol. The smallest absolute Gasteiger partial charge is 0.407 e. The minimum Gasteiger partial charge on any atom is -0.467 e.